The Labute approximate surface area is 98.1 Å². The van der Waals surface area contributed by atoms with Crippen molar-refractivity contribution in [2.75, 3.05) is 5.32 Å². The van der Waals surface area contributed by atoms with E-state index in [4.69, 9.17) is 34.8 Å². The van der Waals surface area contributed by atoms with E-state index in [1.165, 1.54) is 0 Å². The molecule has 1 heterocycles. The van der Waals surface area contributed by atoms with Gasteiger partial charge in [0.1, 0.15) is 0 Å². The van der Waals surface area contributed by atoms with Crippen molar-refractivity contribution in [1.82, 2.24) is 9.59 Å². The fraction of sp³-hybridized carbons (Fsp3) is 0.250. The van der Waals surface area contributed by atoms with Crippen LogP contribution in [0, 0.1) is 0 Å². The monoisotopic (exact) mass is 277 g/mol. The SMILES string of the molecule is O=C(Nc1snnc1S)C(Cl)(Cl)Cl. The van der Waals surface area contributed by atoms with Crippen LogP contribution in [0.3, 0.4) is 0 Å². The molecule has 0 aliphatic heterocycles. The number of hydrogen-bond donors (Lipinski definition) is 2. The van der Waals surface area contributed by atoms with Crippen LogP contribution in [0.2, 0.25) is 0 Å². The summed E-state index contributed by atoms with van der Waals surface area (Å²) >= 11 is 20.8. The Morgan fingerprint density at radius 3 is 2.54 bits per heavy atom. The van der Waals surface area contributed by atoms with Crippen molar-refractivity contribution in [2.24, 2.45) is 0 Å². The van der Waals surface area contributed by atoms with Crippen molar-refractivity contribution < 1.29 is 4.79 Å². The summed E-state index contributed by atoms with van der Waals surface area (Å²) in [7, 11) is 0. The van der Waals surface area contributed by atoms with Gasteiger partial charge in [-0.05, 0) is 0 Å². The smallest absolute Gasteiger partial charge is 0.277 e. The molecule has 0 aliphatic rings. The third-order valence-electron chi connectivity index (χ3n) is 0.955. The maximum atomic E-state index is 11.1. The van der Waals surface area contributed by atoms with Crippen LogP contribution in [0.4, 0.5) is 5.00 Å². The highest BCUT2D eigenvalue weighted by Gasteiger charge is 2.31. The molecule has 0 spiro atoms. The van der Waals surface area contributed by atoms with Gasteiger partial charge < -0.3 is 5.32 Å². The van der Waals surface area contributed by atoms with Crippen molar-refractivity contribution in [3.05, 3.63) is 0 Å². The topological polar surface area (TPSA) is 54.9 Å². The minimum atomic E-state index is -2.00. The van der Waals surface area contributed by atoms with Crippen LogP contribution < -0.4 is 5.32 Å². The lowest BCUT2D eigenvalue weighted by molar-refractivity contribution is -0.115. The number of nitrogens with one attached hydrogen (secondary N) is 1. The van der Waals surface area contributed by atoms with Gasteiger partial charge in [-0.25, -0.2) is 0 Å². The van der Waals surface area contributed by atoms with Gasteiger partial charge in [-0.1, -0.05) is 39.3 Å². The number of anilines is 1. The summed E-state index contributed by atoms with van der Waals surface area (Å²) in [4.78, 5) is 11.1. The van der Waals surface area contributed by atoms with Crippen LogP contribution >= 0.6 is 59.0 Å². The third-order valence-corrected chi connectivity index (χ3v) is 2.58. The minimum Gasteiger partial charge on any atom is -0.310 e. The van der Waals surface area contributed by atoms with Crippen LogP contribution in [0.5, 0.6) is 0 Å². The lowest BCUT2D eigenvalue weighted by Crippen LogP contribution is -2.26. The number of aromatic nitrogens is 2. The number of thiol groups is 1. The molecule has 1 aromatic rings. The summed E-state index contributed by atoms with van der Waals surface area (Å²) in [5, 5.41) is 6.48. The van der Waals surface area contributed by atoms with Gasteiger partial charge in [0.15, 0.2) is 10.0 Å². The molecule has 0 fully saturated rings. The summed E-state index contributed by atoms with van der Waals surface area (Å²) in [6, 6.07) is 0. The molecular weight excluding hydrogens is 277 g/mol. The standard InChI is InChI=1S/C4H2Cl3N3OS2/c5-4(6,7)3(11)8-2-1(12)9-10-13-2/h12H,(H,8,11). The molecule has 1 aromatic heterocycles. The first-order valence-corrected chi connectivity index (χ1v) is 5.16. The number of carbonyl (C=O) groups is 1. The number of nitrogens with zero attached hydrogens (tertiary/aromatic N) is 2. The maximum absolute atomic E-state index is 11.1. The second-order valence-electron chi connectivity index (χ2n) is 1.88. The molecule has 0 aromatic carbocycles. The molecule has 9 heteroatoms. The Bertz CT molecular complexity index is 323. The fourth-order valence-electron chi connectivity index (χ4n) is 0.439. The fourth-order valence-corrected chi connectivity index (χ4v) is 1.33. The zero-order valence-electron chi connectivity index (χ0n) is 5.79. The number of rotatable bonds is 1. The quantitative estimate of drug-likeness (QED) is 0.611. The number of halogens is 3. The van der Waals surface area contributed by atoms with Gasteiger partial charge in [-0.3, -0.25) is 4.79 Å². The summed E-state index contributed by atoms with van der Waals surface area (Å²) < 4.78 is 1.53. The summed E-state index contributed by atoms with van der Waals surface area (Å²) in [6.07, 6.45) is 0. The van der Waals surface area contributed by atoms with Gasteiger partial charge in [-0.2, -0.15) is 0 Å². The summed E-state index contributed by atoms with van der Waals surface area (Å²) in [5.41, 5.74) is 0. The normalized spacial score (nSPS) is 11.4. The Morgan fingerprint density at radius 1 is 1.54 bits per heavy atom. The predicted octanol–water partition coefficient (Wildman–Crippen LogP) is 2.14. The highest BCUT2D eigenvalue weighted by molar-refractivity contribution is 7.80. The Hall–Kier alpha value is 0.250. The van der Waals surface area contributed by atoms with E-state index in [1.54, 1.807) is 0 Å². The summed E-state index contributed by atoms with van der Waals surface area (Å²) in [6.45, 7) is 0. The molecule has 1 rings (SSSR count). The lowest BCUT2D eigenvalue weighted by Gasteiger charge is -2.08. The van der Waals surface area contributed by atoms with E-state index in [0.29, 0.717) is 5.00 Å². The molecule has 0 unspecified atom stereocenters. The van der Waals surface area contributed by atoms with Gasteiger partial charge >= 0.3 is 0 Å². The zero-order valence-corrected chi connectivity index (χ0v) is 9.77. The zero-order chi connectivity index (χ0) is 10.1. The van der Waals surface area contributed by atoms with Crippen LogP contribution in [-0.4, -0.2) is 19.3 Å². The van der Waals surface area contributed by atoms with Gasteiger partial charge in [0.05, 0.1) is 0 Å². The maximum Gasteiger partial charge on any atom is 0.277 e. The molecule has 0 atom stereocenters. The van der Waals surface area contributed by atoms with Crippen molar-refractivity contribution in [3.63, 3.8) is 0 Å². The minimum absolute atomic E-state index is 0.285. The van der Waals surface area contributed by atoms with Crippen LogP contribution in [0.15, 0.2) is 5.03 Å². The van der Waals surface area contributed by atoms with Crippen LogP contribution in [0.25, 0.3) is 0 Å². The van der Waals surface area contributed by atoms with Crippen molar-refractivity contribution in [3.8, 4) is 0 Å². The first-order chi connectivity index (χ1) is 5.91. The molecule has 1 N–H and O–H groups in total. The number of carbonyl (C=O) groups excluding carboxylic acids is 1. The molecule has 4 nitrogen and oxygen atoms in total. The van der Waals surface area contributed by atoms with Gasteiger partial charge in [0.2, 0.25) is 0 Å². The highest BCUT2D eigenvalue weighted by atomic mass is 35.6. The molecule has 0 saturated carbocycles. The molecule has 1 amide bonds. The Morgan fingerprint density at radius 2 is 2.15 bits per heavy atom. The van der Waals surface area contributed by atoms with Gasteiger partial charge in [-0.15, -0.1) is 17.7 Å². The number of alkyl halides is 3. The van der Waals surface area contributed by atoms with Crippen LogP contribution in [-0.2, 0) is 4.79 Å². The molecular formula is C4H2Cl3N3OS2. The molecule has 72 valence electrons. The predicted molar refractivity (Wildman–Crippen MR) is 56.1 cm³/mol. The second kappa shape index (κ2) is 4.18. The van der Waals surface area contributed by atoms with Gasteiger partial charge in [0, 0.05) is 11.5 Å². The Kier molecular flexibility index (Phi) is 3.64. The first kappa shape index (κ1) is 11.3. The van der Waals surface area contributed by atoms with E-state index in [9.17, 15) is 4.79 Å². The average molecular weight is 279 g/mol. The average Bonchev–Trinajstić information content (AvgIpc) is 2.34. The molecule has 0 aliphatic carbocycles. The van der Waals surface area contributed by atoms with E-state index < -0.39 is 9.70 Å². The van der Waals surface area contributed by atoms with Gasteiger partial charge in [0.25, 0.3) is 9.70 Å². The Balaban J connectivity index is 2.71. The third kappa shape index (κ3) is 3.14. The van der Waals surface area contributed by atoms with E-state index >= 15 is 0 Å². The molecule has 13 heavy (non-hydrogen) atoms. The summed E-state index contributed by atoms with van der Waals surface area (Å²) in [5.74, 6) is -0.765. The van der Waals surface area contributed by atoms with E-state index in [2.05, 4.69) is 27.5 Å². The second-order valence-corrected chi connectivity index (χ2v) is 5.34. The number of hydrogen-bond acceptors (Lipinski definition) is 5. The lowest BCUT2D eigenvalue weighted by atomic mass is 10.6. The van der Waals surface area contributed by atoms with E-state index in [-0.39, 0.29) is 5.03 Å². The molecule has 0 radical (unpaired) electrons. The largest absolute Gasteiger partial charge is 0.310 e. The van der Waals surface area contributed by atoms with Crippen molar-refractivity contribution in [1.29, 1.82) is 0 Å². The first-order valence-electron chi connectivity index (χ1n) is 2.80. The van der Waals surface area contributed by atoms with Crippen molar-refractivity contribution >= 4 is 69.9 Å². The number of amides is 1. The van der Waals surface area contributed by atoms with E-state index in [1.807, 2.05) is 0 Å². The van der Waals surface area contributed by atoms with Crippen LogP contribution in [0.1, 0.15) is 0 Å². The van der Waals surface area contributed by atoms with E-state index in [0.717, 1.165) is 11.5 Å². The van der Waals surface area contributed by atoms with Crippen molar-refractivity contribution in [2.45, 2.75) is 8.82 Å². The molecule has 0 saturated heterocycles. The molecule has 0 bridgehead atoms. The highest BCUT2D eigenvalue weighted by Crippen LogP contribution is 2.29.